The van der Waals surface area contributed by atoms with Crippen LogP contribution in [0.4, 0.5) is 0 Å². The van der Waals surface area contributed by atoms with E-state index in [1.807, 2.05) is 27.7 Å². The van der Waals surface area contributed by atoms with Crippen molar-refractivity contribution in [3.8, 4) is 0 Å². The molecule has 2 heterocycles. The maximum atomic E-state index is 12.2. The molecule has 1 amide bonds. The van der Waals surface area contributed by atoms with Gasteiger partial charge in [-0.3, -0.25) is 14.6 Å². The molecule has 1 aliphatic heterocycles. The molecule has 0 atom stereocenters. The number of aliphatic hydroxyl groups is 1. The lowest BCUT2D eigenvalue weighted by molar-refractivity contribution is 0.0156. The number of nitrogens with zero attached hydrogens (tertiary/aromatic N) is 4. The van der Waals surface area contributed by atoms with Crippen LogP contribution in [0.3, 0.4) is 0 Å². The Bertz CT molecular complexity index is 526. The second-order valence-corrected chi connectivity index (χ2v) is 6.97. The van der Waals surface area contributed by atoms with Crippen molar-refractivity contribution in [2.45, 2.75) is 39.8 Å². The summed E-state index contributed by atoms with van der Waals surface area (Å²) in [5.41, 5.74) is -0.279. The molecule has 0 aliphatic carbocycles. The smallest absolute Gasteiger partial charge is 0.275 e. The average molecular weight is 338 g/mol. The number of carbonyl (C=O) groups is 1. The molecule has 7 nitrogen and oxygen atoms in total. The number of amides is 1. The molecule has 1 fully saturated rings. The summed E-state index contributed by atoms with van der Waals surface area (Å²) in [5.74, 6) is 0.506. The van der Waals surface area contributed by atoms with Crippen LogP contribution < -0.4 is 0 Å². The van der Waals surface area contributed by atoms with Gasteiger partial charge in [0.05, 0.1) is 12.1 Å². The van der Waals surface area contributed by atoms with Crippen LogP contribution in [-0.2, 0) is 6.54 Å². The van der Waals surface area contributed by atoms with Crippen molar-refractivity contribution in [2.24, 2.45) is 0 Å². The van der Waals surface area contributed by atoms with Crippen LogP contribution in [0, 0.1) is 0 Å². The number of rotatable bonds is 7. The Morgan fingerprint density at radius 3 is 2.38 bits per heavy atom. The van der Waals surface area contributed by atoms with Gasteiger partial charge >= 0.3 is 0 Å². The third-order valence-corrected chi connectivity index (χ3v) is 4.26. The first kappa shape index (κ1) is 18.9. The van der Waals surface area contributed by atoms with Gasteiger partial charge < -0.3 is 14.4 Å². The Kier molecular flexibility index (Phi) is 6.37. The molecule has 0 unspecified atom stereocenters. The summed E-state index contributed by atoms with van der Waals surface area (Å²) in [7, 11) is 0. The van der Waals surface area contributed by atoms with Crippen molar-refractivity contribution in [1.29, 1.82) is 0 Å². The van der Waals surface area contributed by atoms with E-state index in [0.29, 0.717) is 37.8 Å². The van der Waals surface area contributed by atoms with Crippen LogP contribution in [0.2, 0.25) is 0 Å². The lowest BCUT2D eigenvalue weighted by Crippen LogP contribution is -2.50. The lowest BCUT2D eigenvalue weighted by Gasteiger charge is -2.36. The van der Waals surface area contributed by atoms with Gasteiger partial charge in [0.25, 0.3) is 5.91 Å². The standard InChI is InChI=1S/C17H30N4O3/c1-5-21(6-2)16(22)14-12-24-15(18-14)11-19-7-9-20(10-8-19)13-17(3,4)23/h12,23H,5-11,13H2,1-4H3. The van der Waals surface area contributed by atoms with Gasteiger partial charge in [-0.25, -0.2) is 4.98 Å². The molecule has 1 aromatic heterocycles. The number of piperazine rings is 1. The summed E-state index contributed by atoms with van der Waals surface area (Å²) >= 11 is 0. The monoisotopic (exact) mass is 338 g/mol. The Balaban J connectivity index is 1.84. The van der Waals surface area contributed by atoms with Crippen LogP contribution in [0.5, 0.6) is 0 Å². The molecule has 0 radical (unpaired) electrons. The van der Waals surface area contributed by atoms with Crippen LogP contribution in [-0.4, -0.2) is 82.1 Å². The molecule has 1 aromatic rings. The summed E-state index contributed by atoms with van der Waals surface area (Å²) in [6.45, 7) is 13.8. The normalized spacial score (nSPS) is 17.2. The number of oxazole rings is 1. The van der Waals surface area contributed by atoms with Crippen molar-refractivity contribution in [2.75, 3.05) is 45.8 Å². The first-order valence-corrected chi connectivity index (χ1v) is 8.73. The Morgan fingerprint density at radius 2 is 1.83 bits per heavy atom. The van der Waals surface area contributed by atoms with Crippen LogP contribution >= 0.6 is 0 Å². The first-order valence-electron chi connectivity index (χ1n) is 8.73. The molecule has 2 rings (SSSR count). The van der Waals surface area contributed by atoms with E-state index in [1.165, 1.54) is 6.26 Å². The highest BCUT2D eigenvalue weighted by atomic mass is 16.3. The summed E-state index contributed by atoms with van der Waals surface area (Å²) in [6, 6.07) is 0. The van der Waals surface area contributed by atoms with Crippen molar-refractivity contribution >= 4 is 5.91 Å². The fraction of sp³-hybridized carbons (Fsp3) is 0.765. The number of aromatic nitrogens is 1. The molecule has 0 aromatic carbocycles. The lowest BCUT2D eigenvalue weighted by atomic mass is 10.1. The Hall–Kier alpha value is -1.44. The quantitative estimate of drug-likeness (QED) is 0.801. The molecule has 0 spiro atoms. The molecule has 136 valence electrons. The minimum Gasteiger partial charge on any atom is -0.447 e. The molecule has 1 saturated heterocycles. The Morgan fingerprint density at radius 1 is 1.25 bits per heavy atom. The van der Waals surface area contributed by atoms with E-state index in [4.69, 9.17) is 4.42 Å². The number of carbonyl (C=O) groups excluding carboxylic acids is 1. The largest absolute Gasteiger partial charge is 0.447 e. The minimum atomic E-state index is -0.662. The summed E-state index contributed by atoms with van der Waals surface area (Å²) in [6.07, 6.45) is 1.46. The van der Waals surface area contributed by atoms with E-state index in [1.54, 1.807) is 4.90 Å². The van der Waals surface area contributed by atoms with Gasteiger partial charge in [-0.2, -0.15) is 0 Å². The molecule has 1 aliphatic rings. The first-order chi connectivity index (χ1) is 11.3. The van der Waals surface area contributed by atoms with Crippen molar-refractivity contribution in [3.63, 3.8) is 0 Å². The predicted molar refractivity (Wildman–Crippen MR) is 91.8 cm³/mol. The summed E-state index contributed by atoms with van der Waals surface area (Å²) < 4.78 is 5.48. The number of hydrogen-bond acceptors (Lipinski definition) is 6. The SMILES string of the molecule is CCN(CC)C(=O)c1coc(CN2CCN(CC(C)(C)O)CC2)n1. The Labute approximate surface area is 144 Å². The van der Waals surface area contributed by atoms with E-state index in [2.05, 4.69) is 14.8 Å². The van der Waals surface area contributed by atoms with Crippen molar-refractivity contribution in [1.82, 2.24) is 19.7 Å². The van der Waals surface area contributed by atoms with Crippen LogP contribution in [0.25, 0.3) is 0 Å². The minimum absolute atomic E-state index is 0.0787. The molecular weight excluding hydrogens is 308 g/mol. The van der Waals surface area contributed by atoms with Crippen LogP contribution in [0.15, 0.2) is 10.7 Å². The number of hydrogen-bond donors (Lipinski definition) is 1. The summed E-state index contributed by atoms with van der Waals surface area (Å²) in [4.78, 5) is 22.9. The molecule has 24 heavy (non-hydrogen) atoms. The highest BCUT2D eigenvalue weighted by molar-refractivity contribution is 5.91. The second-order valence-electron chi connectivity index (χ2n) is 6.97. The zero-order valence-electron chi connectivity index (χ0n) is 15.3. The van der Waals surface area contributed by atoms with E-state index in [9.17, 15) is 9.90 Å². The zero-order chi connectivity index (χ0) is 17.7. The van der Waals surface area contributed by atoms with E-state index < -0.39 is 5.60 Å². The van der Waals surface area contributed by atoms with Gasteiger partial charge in [0, 0.05) is 45.8 Å². The van der Waals surface area contributed by atoms with Gasteiger partial charge in [0.2, 0.25) is 5.89 Å². The third kappa shape index (κ3) is 5.29. The van der Waals surface area contributed by atoms with Gasteiger partial charge in [0.1, 0.15) is 6.26 Å². The topological polar surface area (TPSA) is 73.1 Å². The highest BCUT2D eigenvalue weighted by Crippen LogP contribution is 2.12. The highest BCUT2D eigenvalue weighted by Gasteiger charge is 2.24. The molecule has 0 saturated carbocycles. The van der Waals surface area contributed by atoms with E-state index in [0.717, 1.165) is 26.2 Å². The van der Waals surface area contributed by atoms with Crippen molar-refractivity contribution in [3.05, 3.63) is 17.8 Å². The van der Waals surface area contributed by atoms with Gasteiger partial charge in [-0.1, -0.05) is 0 Å². The average Bonchev–Trinajstić information content (AvgIpc) is 2.97. The van der Waals surface area contributed by atoms with E-state index in [-0.39, 0.29) is 5.91 Å². The van der Waals surface area contributed by atoms with Gasteiger partial charge in [0.15, 0.2) is 5.69 Å². The van der Waals surface area contributed by atoms with Crippen molar-refractivity contribution < 1.29 is 14.3 Å². The zero-order valence-corrected chi connectivity index (χ0v) is 15.3. The second kappa shape index (κ2) is 8.09. The molecular formula is C17H30N4O3. The molecule has 0 bridgehead atoms. The summed E-state index contributed by atoms with van der Waals surface area (Å²) in [5, 5.41) is 9.90. The van der Waals surface area contributed by atoms with Gasteiger partial charge in [-0.05, 0) is 27.7 Å². The van der Waals surface area contributed by atoms with Gasteiger partial charge in [-0.15, -0.1) is 0 Å². The number of β-amino-alcohol motifs (C(OH)–C–C–N with tert-alkyl or cyclic N) is 1. The fourth-order valence-electron chi connectivity index (χ4n) is 3.00. The molecule has 1 N–H and O–H groups in total. The maximum Gasteiger partial charge on any atom is 0.275 e. The fourth-order valence-corrected chi connectivity index (χ4v) is 3.00. The third-order valence-electron chi connectivity index (χ3n) is 4.26. The molecule has 7 heteroatoms. The predicted octanol–water partition coefficient (Wildman–Crippen LogP) is 1.05. The maximum absolute atomic E-state index is 12.2. The van der Waals surface area contributed by atoms with E-state index >= 15 is 0 Å². The van der Waals surface area contributed by atoms with Crippen LogP contribution in [0.1, 0.15) is 44.1 Å².